The Morgan fingerprint density at radius 3 is 1.97 bits per heavy atom. The first-order chi connectivity index (χ1) is 17.1. The quantitative estimate of drug-likeness (QED) is 0.346. The normalized spacial score (nSPS) is 13.0. The number of nitrogens with two attached hydrogens (primary N) is 1. The number of aryl methyl sites for hydroxylation is 1. The summed E-state index contributed by atoms with van der Waals surface area (Å²) in [6.45, 7) is 6.82. The molecule has 0 aliphatic carbocycles. The van der Waals surface area contributed by atoms with Gasteiger partial charge in [0.05, 0.1) is 11.8 Å². The van der Waals surface area contributed by atoms with Crippen LogP contribution in [0.1, 0.15) is 54.9 Å². The summed E-state index contributed by atoms with van der Waals surface area (Å²) in [7, 11) is -3.75. The Labute approximate surface area is 214 Å². The minimum atomic E-state index is -3.75. The van der Waals surface area contributed by atoms with Crippen LogP contribution in [-0.2, 0) is 40.4 Å². The number of benzene rings is 3. The number of hydrogen-bond donors (Lipinski definition) is 1. The topological polar surface area (TPSA) is 90.9 Å². The van der Waals surface area contributed by atoms with Crippen molar-refractivity contribution in [1.82, 2.24) is 14.8 Å². The lowest BCUT2D eigenvalue weighted by atomic mass is 9.87. The molecule has 3 aromatic carbocycles. The van der Waals surface area contributed by atoms with Gasteiger partial charge in [0.25, 0.3) is 0 Å². The fourth-order valence-electron chi connectivity index (χ4n) is 4.24. The average molecular weight is 503 g/mol. The van der Waals surface area contributed by atoms with Gasteiger partial charge in [-0.15, -0.1) is 10.2 Å². The van der Waals surface area contributed by atoms with Crippen LogP contribution in [0.15, 0.2) is 90.1 Å². The van der Waals surface area contributed by atoms with Crippen molar-refractivity contribution in [2.24, 2.45) is 5.73 Å². The van der Waals surface area contributed by atoms with Crippen molar-refractivity contribution >= 4 is 9.84 Å². The molecule has 0 saturated heterocycles. The average Bonchev–Trinajstić information content (AvgIpc) is 3.29. The van der Waals surface area contributed by atoms with Gasteiger partial charge < -0.3 is 10.3 Å². The number of sulfone groups is 1. The van der Waals surface area contributed by atoms with E-state index in [0.29, 0.717) is 25.2 Å². The molecule has 4 aromatic rings. The third-order valence-electron chi connectivity index (χ3n) is 6.30. The van der Waals surface area contributed by atoms with E-state index < -0.39 is 15.9 Å². The summed E-state index contributed by atoms with van der Waals surface area (Å²) in [5.74, 6) is 0.339. The largest absolute Gasteiger partial charge is 0.321 e. The maximum atomic E-state index is 13.5. The van der Waals surface area contributed by atoms with E-state index in [1.807, 2.05) is 84.9 Å². The van der Waals surface area contributed by atoms with Gasteiger partial charge in [-0.3, -0.25) is 0 Å². The fourth-order valence-corrected chi connectivity index (χ4v) is 5.69. The maximum absolute atomic E-state index is 13.5. The molecule has 6 nitrogen and oxygen atoms in total. The third-order valence-corrected chi connectivity index (χ3v) is 7.87. The molecule has 0 unspecified atom stereocenters. The second-order valence-corrected chi connectivity index (χ2v) is 12.1. The van der Waals surface area contributed by atoms with Gasteiger partial charge in [0.2, 0.25) is 15.0 Å². The van der Waals surface area contributed by atoms with Gasteiger partial charge in [-0.05, 0) is 40.5 Å². The van der Waals surface area contributed by atoms with Crippen molar-refractivity contribution in [3.8, 4) is 0 Å². The Hall–Kier alpha value is -3.29. The zero-order valence-electron chi connectivity index (χ0n) is 21.1. The molecule has 0 saturated carbocycles. The van der Waals surface area contributed by atoms with Crippen molar-refractivity contribution in [2.75, 3.05) is 0 Å². The van der Waals surface area contributed by atoms with Gasteiger partial charge in [-0.1, -0.05) is 106 Å². The van der Waals surface area contributed by atoms with Gasteiger partial charge in [0, 0.05) is 6.54 Å². The summed E-state index contributed by atoms with van der Waals surface area (Å²) in [5.41, 5.74) is 10.6. The molecule has 0 spiro atoms. The van der Waals surface area contributed by atoms with Gasteiger partial charge in [-0.2, -0.15) is 0 Å². The maximum Gasteiger partial charge on any atom is 0.250 e. The van der Waals surface area contributed by atoms with Crippen LogP contribution in [0.3, 0.4) is 0 Å². The molecule has 0 bridgehead atoms. The molecule has 0 radical (unpaired) electrons. The van der Waals surface area contributed by atoms with Crippen LogP contribution in [0.4, 0.5) is 0 Å². The van der Waals surface area contributed by atoms with E-state index >= 15 is 0 Å². The molecule has 0 aliphatic heterocycles. The van der Waals surface area contributed by atoms with Crippen LogP contribution in [0.2, 0.25) is 0 Å². The van der Waals surface area contributed by atoms with E-state index in [1.165, 1.54) is 0 Å². The lowest BCUT2D eigenvalue weighted by Gasteiger charge is -2.19. The van der Waals surface area contributed by atoms with Crippen LogP contribution in [0.5, 0.6) is 0 Å². The van der Waals surface area contributed by atoms with Crippen LogP contribution in [0, 0.1) is 0 Å². The van der Waals surface area contributed by atoms with E-state index in [9.17, 15) is 8.42 Å². The molecule has 0 fully saturated rings. The van der Waals surface area contributed by atoms with E-state index in [0.717, 1.165) is 22.3 Å². The summed E-state index contributed by atoms with van der Waals surface area (Å²) in [6.07, 6.45) is 1.19. The summed E-state index contributed by atoms with van der Waals surface area (Å²) in [5, 5.41) is 8.42. The predicted molar refractivity (Wildman–Crippen MR) is 143 cm³/mol. The standard InChI is InChI=1S/C29H34N4O2S/c1-29(2,3)25-16-14-24(15-17-25)21-36(34,35)28-32-31-27(26(30)20-23-12-8-5-9-13-23)33(28)19-18-22-10-6-4-7-11-22/h4-17,26H,18-21,30H2,1-3H3/t26-/m0/s1. The highest BCUT2D eigenvalue weighted by atomic mass is 32.2. The summed E-state index contributed by atoms with van der Waals surface area (Å²) >= 11 is 0. The number of nitrogens with zero attached hydrogens (tertiary/aromatic N) is 3. The molecular formula is C29H34N4O2S. The second kappa shape index (κ2) is 10.8. The number of aromatic nitrogens is 3. The first-order valence-corrected chi connectivity index (χ1v) is 13.9. The zero-order chi connectivity index (χ0) is 25.8. The molecule has 1 atom stereocenters. The van der Waals surface area contributed by atoms with Crippen LogP contribution >= 0.6 is 0 Å². The van der Waals surface area contributed by atoms with Gasteiger partial charge in [-0.25, -0.2) is 8.42 Å². The summed E-state index contributed by atoms with van der Waals surface area (Å²) < 4.78 is 28.8. The lowest BCUT2D eigenvalue weighted by molar-refractivity contribution is 0.530. The third kappa shape index (κ3) is 6.28. The Bertz CT molecular complexity index is 1370. The molecule has 0 amide bonds. The second-order valence-electron chi connectivity index (χ2n) is 10.2. The molecule has 0 aliphatic rings. The summed E-state index contributed by atoms with van der Waals surface area (Å²) in [6, 6.07) is 27.1. The smallest absolute Gasteiger partial charge is 0.250 e. The van der Waals surface area contributed by atoms with Gasteiger partial charge >= 0.3 is 0 Å². The number of hydrogen-bond acceptors (Lipinski definition) is 5. The lowest BCUT2D eigenvalue weighted by Crippen LogP contribution is -2.22. The Kier molecular flexibility index (Phi) is 7.71. The Morgan fingerprint density at radius 1 is 0.806 bits per heavy atom. The molecule has 7 heteroatoms. The van der Waals surface area contributed by atoms with Crippen molar-refractivity contribution in [2.45, 2.75) is 62.5 Å². The van der Waals surface area contributed by atoms with Gasteiger partial charge in [0.15, 0.2) is 5.82 Å². The van der Waals surface area contributed by atoms with Crippen molar-refractivity contribution in [3.63, 3.8) is 0 Å². The molecule has 2 N–H and O–H groups in total. The molecule has 188 valence electrons. The Balaban J connectivity index is 1.64. The first-order valence-electron chi connectivity index (χ1n) is 12.2. The van der Waals surface area contributed by atoms with E-state index in [4.69, 9.17) is 5.73 Å². The SMILES string of the molecule is CC(C)(C)c1ccc(CS(=O)(=O)c2nnc([C@@H](N)Cc3ccccc3)n2CCc2ccccc2)cc1. The first kappa shape index (κ1) is 25.8. The monoisotopic (exact) mass is 502 g/mol. The van der Waals surface area contributed by atoms with Crippen LogP contribution < -0.4 is 5.73 Å². The van der Waals surface area contributed by atoms with E-state index in [1.54, 1.807) is 4.57 Å². The molecule has 1 aromatic heterocycles. The highest BCUT2D eigenvalue weighted by Crippen LogP contribution is 2.25. The predicted octanol–water partition coefficient (Wildman–Crippen LogP) is 5.03. The van der Waals surface area contributed by atoms with Crippen molar-refractivity contribution < 1.29 is 8.42 Å². The highest BCUT2D eigenvalue weighted by Gasteiger charge is 2.28. The van der Waals surface area contributed by atoms with E-state index in [-0.39, 0.29) is 16.3 Å². The fraction of sp³-hybridized carbons (Fsp3) is 0.310. The highest BCUT2D eigenvalue weighted by molar-refractivity contribution is 7.90. The van der Waals surface area contributed by atoms with Gasteiger partial charge in [0.1, 0.15) is 0 Å². The number of rotatable bonds is 9. The minimum absolute atomic E-state index is 0.00118. The van der Waals surface area contributed by atoms with E-state index in [2.05, 4.69) is 31.0 Å². The van der Waals surface area contributed by atoms with Crippen molar-refractivity contribution in [3.05, 3.63) is 113 Å². The Morgan fingerprint density at radius 2 is 1.39 bits per heavy atom. The van der Waals surface area contributed by atoms with Crippen LogP contribution in [0.25, 0.3) is 0 Å². The summed E-state index contributed by atoms with van der Waals surface area (Å²) in [4.78, 5) is 0. The zero-order valence-corrected chi connectivity index (χ0v) is 21.9. The van der Waals surface area contributed by atoms with Crippen molar-refractivity contribution in [1.29, 1.82) is 0 Å². The van der Waals surface area contributed by atoms with Crippen LogP contribution in [-0.4, -0.2) is 23.2 Å². The molecule has 4 rings (SSSR count). The minimum Gasteiger partial charge on any atom is -0.321 e. The molecule has 1 heterocycles. The molecule has 36 heavy (non-hydrogen) atoms. The molecular weight excluding hydrogens is 468 g/mol.